The third-order valence-corrected chi connectivity index (χ3v) is 8.47. The second-order valence-electron chi connectivity index (χ2n) is 12.0. The molecule has 2 aliphatic heterocycles. The molecule has 4 heterocycles. The molecular formula is C33H38N4O5. The van der Waals surface area contributed by atoms with Gasteiger partial charge in [-0.25, -0.2) is 9.78 Å². The first-order valence-corrected chi connectivity index (χ1v) is 14.5. The zero-order valence-corrected chi connectivity index (χ0v) is 24.8. The average Bonchev–Trinajstić information content (AvgIpc) is 3.41. The Kier molecular flexibility index (Phi) is 7.64. The highest BCUT2D eigenvalue weighted by molar-refractivity contribution is 5.90. The Morgan fingerprint density at radius 2 is 2.02 bits per heavy atom. The highest BCUT2D eigenvalue weighted by atomic mass is 16.5. The van der Waals surface area contributed by atoms with Crippen LogP contribution in [0.15, 0.2) is 53.9 Å². The van der Waals surface area contributed by atoms with Crippen LogP contribution >= 0.6 is 0 Å². The Morgan fingerprint density at radius 3 is 2.76 bits per heavy atom. The van der Waals surface area contributed by atoms with Crippen LogP contribution in [0, 0.1) is 12.3 Å². The van der Waals surface area contributed by atoms with Gasteiger partial charge in [0, 0.05) is 30.6 Å². The Balaban J connectivity index is 1.20. The summed E-state index contributed by atoms with van der Waals surface area (Å²) in [6, 6.07) is 10.2. The molecule has 220 valence electrons. The lowest BCUT2D eigenvalue weighted by atomic mass is 9.86. The molecule has 3 aliphatic rings. The van der Waals surface area contributed by atoms with Crippen molar-refractivity contribution in [2.24, 2.45) is 5.41 Å². The van der Waals surface area contributed by atoms with E-state index in [1.54, 1.807) is 6.07 Å². The van der Waals surface area contributed by atoms with Gasteiger partial charge in [0.05, 0.1) is 32.2 Å². The first-order chi connectivity index (χ1) is 20.2. The summed E-state index contributed by atoms with van der Waals surface area (Å²) >= 11 is 0. The molecule has 42 heavy (non-hydrogen) atoms. The van der Waals surface area contributed by atoms with Crippen molar-refractivity contribution in [2.75, 3.05) is 33.4 Å². The third kappa shape index (κ3) is 5.46. The molecule has 0 spiro atoms. The smallest absolute Gasteiger partial charge is 0.342 e. The van der Waals surface area contributed by atoms with E-state index in [1.165, 1.54) is 45.8 Å². The number of aromatic carboxylic acids is 1. The first kappa shape index (κ1) is 28.2. The molecular weight excluding hydrogens is 532 g/mol. The van der Waals surface area contributed by atoms with Crippen LogP contribution in [-0.2, 0) is 29.0 Å². The van der Waals surface area contributed by atoms with Crippen LogP contribution < -0.4 is 4.74 Å². The largest absolute Gasteiger partial charge is 0.488 e. The minimum atomic E-state index is -1.11. The van der Waals surface area contributed by atoms with E-state index in [0.717, 1.165) is 69.1 Å². The molecule has 2 aromatic heterocycles. The molecule has 1 fully saturated rings. The number of ether oxygens (including phenoxy) is 3. The van der Waals surface area contributed by atoms with Crippen molar-refractivity contribution in [3.63, 3.8) is 0 Å². The van der Waals surface area contributed by atoms with Gasteiger partial charge in [0.25, 0.3) is 0 Å². The van der Waals surface area contributed by atoms with E-state index in [2.05, 4.69) is 49.0 Å². The predicted octanol–water partition coefficient (Wildman–Crippen LogP) is 5.35. The molecule has 0 radical (unpaired) electrons. The number of carboxylic acid groups (broad SMARTS) is 1. The highest BCUT2D eigenvalue weighted by Gasteiger charge is 2.36. The van der Waals surface area contributed by atoms with Crippen molar-refractivity contribution in [3.8, 4) is 11.7 Å². The molecule has 1 aliphatic carbocycles. The fourth-order valence-corrected chi connectivity index (χ4v) is 6.28. The Bertz CT molecular complexity index is 1580. The van der Waals surface area contributed by atoms with Crippen LogP contribution in [-0.4, -0.2) is 64.2 Å². The van der Waals surface area contributed by atoms with Crippen LogP contribution in [0.3, 0.4) is 0 Å². The number of carboxylic acids is 1. The van der Waals surface area contributed by atoms with Gasteiger partial charge in [-0.1, -0.05) is 31.2 Å². The van der Waals surface area contributed by atoms with Crippen molar-refractivity contribution >= 4 is 11.5 Å². The molecule has 1 saturated heterocycles. The molecule has 0 amide bonds. The lowest BCUT2D eigenvalue weighted by molar-refractivity contribution is -0.116. The van der Waals surface area contributed by atoms with Crippen molar-refractivity contribution in [1.82, 2.24) is 19.7 Å². The minimum absolute atomic E-state index is 0.0170. The van der Waals surface area contributed by atoms with Crippen LogP contribution in [0.25, 0.3) is 11.4 Å². The molecule has 0 saturated carbocycles. The fourth-order valence-electron chi connectivity index (χ4n) is 6.28. The van der Waals surface area contributed by atoms with E-state index in [-0.39, 0.29) is 16.9 Å². The van der Waals surface area contributed by atoms with E-state index >= 15 is 0 Å². The maximum Gasteiger partial charge on any atom is 0.342 e. The normalized spacial score (nSPS) is 18.2. The van der Waals surface area contributed by atoms with Crippen LogP contribution in [0.5, 0.6) is 5.88 Å². The number of rotatable bonds is 9. The molecule has 9 nitrogen and oxygen atoms in total. The van der Waals surface area contributed by atoms with Gasteiger partial charge < -0.3 is 19.3 Å². The summed E-state index contributed by atoms with van der Waals surface area (Å²) in [5, 5.41) is 13.7. The predicted molar refractivity (Wildman–Crippen MR) is 159 cm³/mol. The summed E-state index contributed by atoms with van der Waals surface area (Å²) in [6.45, 7) is 12.0. The summed E-state index contributed by atoms with van der Waals surface area (Å²) in [5.41, 5.74) is 8.49. The van der Waals surface area contributed by atoms with Crippen LogP contribution in [0.1, 0.15) is 65.0 Å². The molecule has 0 atom stereocenters. The quantitative estimate of drug-likeness (QED) is 0.368. The number of aromatic nitrogens is 3. The zero-order chi connectivity index (χ0) is 29.4. The van der Waals surface area contributed by atoms with Gasteiger partial charge in [0.1, 0.15) is 17.9 Å². The van der Waals surface area contributed by atoms with Gasteiger partial charge >= 0.3 is 5.97 Å². The van der Waals surface area contributed by atoms with Crippen molar-refractivity contribution in [3.05, 3.63) is 87.4 Å². The summed E-state index contributed by atoms with van der Waals surface area (Å²) in [4.78, 5) is 19.0. The Hall–Kier alpha value is -3.95. The monoisotopic (exact) mass is 570 g/mol. The SMILES string of the molecule is COc1c(C(=O)O)cnn1-c1cccc(C2=CCCC(C)=C2OCc2cc(C)c3c(c2)CCN(CC2(C)COC2)C3)n1. The lowest BCUT2D eigenvalue weighted by Gasteiger charge is -2.43. The maximum atomic E-state index is 11.6. The number of carbonyl (C=O) groups is 1. The van der Waals surface area contributed by atoms with Crippen molar-refractivity contribution in [1.29, 1.82) is 0 Å². The van der Waals surface area contributed by atoms with Gasteiger partial charge in [0.2, 0.25) is 5.88 Å². The van der Waals surface area contributed by atoms with Gasteiger partial charge in [-0.3, -0.25) is 4.90 Å². The summed E-state index contributed by atoms with van der Waals surface area (Å²) in [7, 11) is 1.43. The van der Waals surface area contributed by atoms with Crippen LogP contribution in [0.4, 0.5) is 0 Å². The lowest BCUT2D eigenvalue weighted by Crippen LogP contribution is -2.49. The second kappa shape index (κ2) is 11.4. The molecule has 0 unspecified atom stereocenters. The Morgan fingerprint density at radius 1 is 1.19 bits per heavy atom. The van der Waals surface area contributed by atoms with Crippen LogP contribution in [0.2, 0.25) is 0 Å². The number of methoxy groups -OCH3 is 1. The van der Waals surface area contributed by atoms with E-state index in [0.29, 0.717) is 12.4 Å². The molecule has 1 aromatic carbocycles. The number of hydrogen-bond acceptors (Lipinski definition) is 7. The van der Waals surface area contributed by atoms with Crippen molar-refractivity contribution in [2.45, 2.75) is 53.2 Å². The molecule has 3 aromatic rings. The zero-order valence-electron chi connectivity index (χ0n) is 24.8. The second-order valence-corrected chi connectivity index (χ2v) is 12.0. The first-order valence-electron chi connectivity index (χ1n) is 14.5. The van der Waals surface area contributed by atoms with E-state index in [9.17, 15) is 9.90 Å². The topological polar surface area (TPSA) is 98.9 Å². The standard InChI is InChI=1S/C33H38N4O5/c1-21-7-5-8-25(28-9-6-10-29(35-28)37-31(40-4)26(15-34-37)32(38)39)30(21)42-17-23-13-22(2)27-16-36(12-11-24(27)14-23)18-33(3)19-41-20-33/h6,8-10,13-15H,5,7,11-12,16-20H2,1-4H3,(H,38,39). The highest BCUT2D eigenvalue weighted by Crippen LogP contribution is 2.35. The summed E-state index contributed by atoms with van der Waals surface area (Å²) in [6.07, 6.45) is 6.31. The van der Waals surface area contributed by atoms with E-state index < -0.39 is 5.97 Å². The fraction of sp³-hybridized carbons (Fsp3) is 0.424. The number of nitrogens with zero attached hydrogens (tertiary/aromatic N) is 4. The summed E-state index contributed by atoms with van der Waals surface area (Å²) in [5.74, 6) is 0.344. The number of hydrogen-bond donors (Lipinski definition) is 1. The molecule has 1 N–H and O–H groups in total. The summed E-state index contributed by atoms with van der Waals surface area (Å²) < 4.78 is 18.8. The van der Waals surface area contributed by atoms with Crippen molar-refractivity contribution < 1.29 is 24.1 Å². The van der Waals surface area contributed by atoms with E-state index in [1.807, 2.05) is 12.1 Å². The van der Waals surface area contributed by atoms with Gasteiger partial charge in [0.15, 0.2) is 5.82 Å². The number of allylic oxidation sites excluding steroid dienone is 3. The van der Waals surface area contributed by atoms with Gasteiger partial charge in [-0.2, -0.15) is 9.78 Å². The number of aryl methyl sites for hydroxylation is 1. The number of pyridine rings is 1. The molecule has 6 rings (SSSR count). The number of benzene rings is 1. The van der Waals surface area contributed by atoms with E-state index in [4.69, 9.17) is 19.2 Å². The maximum absolute atomic E-state index is 11.6. The van der Waals surface area contributed by atoms with Gasteiger partial charge in [-0.05, 0) is 73.1 Å². The molecule has 0 bridgehead atoms. The third-order valence-electron chi connectivity index (χ3n) is 8.47. The number of fused-ring (bicyclic) bond motifs is 1. The van der Waals surface area contributed by atoms with Gasteiger partial charge in [-0.15, -0.1) is 0 Å². The molecule has 9 heteroatoms. The Labute approximate surface area is 246 Å². The minimum Gasteiger partial charge on any atom is -0.488 e. The average molecular weight is 571 g/mol.